The van der Waals surface area contributed by atoms with Crippen molar-refractivity contribution in [3.8, 4) is 11.8 Å². The van der Waals surface area contributed by atoms with Gasteiger partial charge in [-0.25, -0.2) is 4.98 Å². The summed E-state index contributed by atoms with van der Waals surface area (Å²) in [5, 5.41) is 16.0. The standard InChI is InChI=1S/C54H29N5S/c1-3-15-32-30(13-1)26-28-43-46(32)35-18-6-10-22-41(35)57(43)53-52-49(37-20-8-12-24-45(37)60-52)55-54(56-53)58-42-23-11-7-19-36(42)47-44(58)29-39-34-17-5-9-21-40(34)59-50-33-16-4-2-14-31(33)25-27-38(50)48(47)51(39)59/h1-29H. The van der Waals surface area contributed by atoms with Crippen molar-refractivity contribution in [2.24, 2.45) is 0 Å². The third kappa shape index (κ3) is 3.74. The first-order valence-corrected chi connectivity index (χ1v) is 21.2. The molecule has 60 heavy (non-hydrogen) atoms. The highest BCUT2D eigenvalue weighted by atomic mass is 32.1. The summed E-state index contributed by atoms with van der Waals surface area (Å²) >= 11 is 1.77. The normalized spacial score (nSPS) is 12.7. The van der Waals surface area contributed by atoms with Crippen molar-refractivity contribution < 1.29 is 0 Å². The van der Waals surface area contributed by atoms with Crippen LogP contribution in [0.4, 0.5) is 0 Å². The molecule has 15 rings (SSSR count). The molecule has 0 radical (unpaired) electrons. The van der Waals surface area contributed by atoms with E-state index in [2.05, 4.69) is 189 Å². The summed E-state index contributed by atoms with van der Waals surface area (Å²) in [5.74, 6) is 1.55. The van der Waals surface area contributed by atoms with Crippen LogP contribution in [0, 0.1) is 0 Å². The van der Waals surface area contributed by atoms with E-state index in [-0.39, 0.29) is 0 Å². The first kappa shape index (κ1) is 31.2. The van der Waals surface area contributed by atoms with Gasteiger partial charge in [0, 0.05) is 58.6 Å². The van der Waals surface area contributed by atoms with Gasteiger partial charge >= 0.3 is 0 Å². The summed E-state index contributed by atoms with van der Waals surface area (Å²) in [4.78, 5) is 11.4. The van der Waals surface area contributed by atoms with E-state index in [4.69, 9.17) is 9.97 Å². The van der Waals surface area contributed by atoms with Crippen LogP contribution in [0.3, 0.4) is 0 Å². The molecule has 15 aromatic rings. The number of hydrogen-bond acceptors (Lipinski definition) is 3. The SMILES string of the molecule is c1ccc2c(c1)ccc1c2c2ccccc2n1-c1nc(-n2c3ccccc3c3c4c5ccc6ccccc6c5n5c6ccccc6c(cc32)c45)nc2c1sc1ccccc12. The lowest BCUT2D eigenvalue weighted by molar-refractivity contribution is 0.977. The minimum absolute atomic E-state index is 0.658. The van der Waals surface area contributed by atoms with Crippen LogP contribution in [0.5, 0.6) is 0 Å². The van der Waals surface area contributed by atoms with E-state index in [1.807, 2.05) is 0 Å². The van der Waals surface area contributed by atoms with Crippen LogP contribution in [0.25, 0.3) is 135 Å². The van der Waals surface area contributed by atoms with E-state index in [1.165, 1.54) is 85.9 Å². The van der Waals surface area contributed by atoms with Crippen LogP contribution in [-0.4, -0.2) is 23.5 Å². The zero-order valence-electron chi connectivity index (χ0n) is 31.9. The Labute approximate surface area is 344 Å². The van der Waals surface area contributed by atoms with Gasteiger partial charge in [0.1, 0.15) is 0 Å². The molecule has 6 heteroatoms. The molecule has 0 unspecified atom stereocenters. The van der Waals surface area contributed by atoms with Crippen molar-refractivity contribution in [3.05, 3.63) is 176 Å². The molecule has 6 aromatic heterocycles. The highest BCUT2D eigenvalue weighted by Crippen LogP contribution is 2.48. The monoisotopic (exact) mass is 779 g/mol. The van der Waals surface area contributed by atoms with E-state index in [0.29, 0.717) is 5.95 Å². The Hall–Kier alpha value is -7.80. The van der Waals surface area contributed by atoms with Gasteiger partial charge in [-0.15, -0.1) is 11.3 Å². The van der Waals surface area contributed by atoms with Crippen LogP contribution >= 0.6 is 11.3 Å². The predicted octanol–water partition coefficient (Wildman–Crippen LogP) is 14.5. The maximum atomic E-state index is 5.77. The minimum atomic E-state index is 0.658. The summed E-state index contributed by atoms with van der Waals surface area (Å²) in [5.41, 5.74) is 9.13. The molecule has 0 atom stereocenters. The van der Waals surface area contributed by atoms with Gasteiger partial charge in [0.2, 0.25) is 5.95 Å². The van der Waals surface area contributed by atoms with Crippen molar-refractivity contribution in [3.63, 3.8) is 0 Å². The Morgan fingerprint density at radius 2 is 0.983 bits per heavy atom. The average molecular weight is 780 g/mol. The van der Waals surface area contributed by atoms with Crippen LogP contribution in [0.15, 0.2) is 176 Å². The molecule has 0 fully saturated rings. The Bertz CT molecular complexity index is 4370. The third-order valence-corrected chi connectivity index (χ3v) is 14.3. The summed E-state index contributed by atoms with van der Waals surface area (Å²) in [6.07, 6.45) is 0. The van der Waals surface area contributed by atoms with Gasteiger partial charge in [-0.3, -0.25) is 9.13 Å². The molecule has 6 heterocycles. The van der Waals surface area contributed by atoms with E-state index in [0.717, 1.165) is 43.5 Å². The number of para-hydroxylation sites is 3. The van der Waals surface area contributed by atoms with E-state index in [9.17, 15) is 0 Å². The number of fused-ring (bicyclic) bond motifs is 20. The van der Waals surface area contributed by atoms with Crippen molar-refractivity contribution in [2.75, 3.05) is 0 Å². The van der Waals surface area contributed by atoms with Crippen LogP contribution in [0.2, 0.25) is 0 Å². The van der Waals surface area contributed by atoms with Gasteiger partial charge in [-0.05, 0) is 52.6 Å². The second kappa shape index (κ2) is 11.0. The fourth-order valence-electron chi connectivity index (χ4n) is 10.8. The lowest BCUT2D eigenvalue weighted by atomic mass is 10.0. The largest absolute Gasteiger partial charge is 0.307 e. The van der Waals surface area contributed by atoms with Crippen LogP contribution in [-0.2, 0) is 0 Å². The molecule has 0 N–H and O–H groups in total. The highest BCUT2D eigenvalue weighted by Gasteiger charge is 2.27. The molecular weight excluding hydrogens is 751 g/mol. The van der Waals surface area contributed by atoms with Gasteiger partial charge in [0.05, 0.1) is 48.8 Å². The maximum absolute atomic E-state index is 5.77. The quantitative estimate of drug-likeness (QED) is 0.175. The predicted molar refractivity (Wildman–Crippen MR) is 253 cm³/mol. The summed E-state index contributed by atoms with van der Waals surface area (Å²) < 4.78 is 9.51. The van der Waals surface area contributed by atoms with Gasteiger partial charge in [-0.2, -0.15) is 4.98 Å². The van der Waals surface area contributed by atoms with Crippen molar-refractivity contribution in [2.45, 2.75) is 0 Å². The summed E-state index contributed by atoms with van der Waals surface area (Å²) in [6, 6.07) is 64.2. The van der Waals surface area contributed by atoms with E-state index in [1.54, 1.807) is 11.3 Å². The lowest BCUT2D eigenvalue weighted by Crippen LogP contribution is -2.06. The van der Waals surface area contributed by atoms with E-state index < -0.39 is 0 Å². The Balaban J connectivity index is 1.15. The van der Waals surface area contributed by atoms with E-state index >= 15 is 0 Å². The number of rotatable bonds is 2. The minimum Gasteiger partial charge on any atom is -0.307 e. The molecular formula is C54H29N5S. The van der Waals surface area contributed by atoms with Gasteiger partial charge < -0.3 is 4.40 Å². The first-order chi connectivity index (χ1) is 29.8. The molecule has 0 saturated heterocycles. The highest BCUT2D eigenvalue weighted by molar-refractivity contribution is 7.26. The number of thiophene rings is 1. The van der Waals surface area contributed by atoms with Gasteiger partial charge in [0.25, 0.3) is 0 Å². The molecule has 0 aliphatic carbocycles. The molecule has 0 aliphatic rings. The Morgan fingerprint density at radius 1 is 0.367 bits per heavy atom. The number of aromatic nitrogens is 5. The van der Waals surface area contributed by atoms with Gasteiger partial charge in [-0.1, -0.05) is 140 Å². The molecule has 0 spiro atoms. The van der Waals surface area contributed by atoms with Crippen molar-refractivity contribution in [1.82, 2.24) is 23.5 Å². The summed E-state index contributed by atoms with van der Waals surface area (Å²) in [6.45, 7) is 0. The molecule has 5 nitrogen and oxygen atoms in total. The number of hydrogen-bond donors (Lipinski definition) is 0. The molecule has 276 valence electrons. The molecule has 0 saturated carbocycles. The zero-order chi connectivity index (χ0) is 38.8. The molecule has 0 amide bonds. The van der Waals surface area contributed by atoms with Crippen LogP contribution < -0.4 is 0 Å². The number of benzene rings is 9. The molecule has 0 aliphatic heterocycles. The summed E-state index contributed by atoms with van der Waals surface area (Å²) in [7, 11) is 0. The maximum Gasteiger partial charge on any atom is 0.237 e. The zero-order valence-corrected chi connectivity index (χ0v) is 32.7. The van der Waals surface area contributed by atoms with Crippen molar-refractivity contribution in [1.29, 1.82) is 0 Å². The second-order valence-electron chi connectivity index (χ2n) is 16.1. The molecule has 0 bridgehead atoms. The topological polar surface area (TPSA) is 40.0 Å². The number of nitrogens with zero attached hydrogens (tertiary/aromatic N) is 5. The Morgan fingerprint density at radius 3 is 1.80 bits per heavy atom. The average Bonchev–Trinajstić information content (AvgIpc) is 4.10. The van der Waals surface area contributed by atoms with Crippen LogP contribution in [0.1, 0.15) is 0 Å². The Kier molecular flexibility index (Phi) is 5.74. The fourth-order valence-corrected chi connectivity index (χ4v) is 11.9. The smallest absolute Gasteiger partial charge is 0.237 e. The first-order valence-electron chi connectivity index (χ1n) is 20.4. The van der Waals surface area contributed by atoms with Crippen molar-refractivity contribution >= 4 is 135 Å². The lowest BCUT2D eigenvalue weighted by Gasteiger charge is -2.13. The third-order valence-electron chi connectivity index (χ3n) is 13.2. The fraction of sp³-hybridized carbons (Fsp3) is 0. The second-order valence-corrected chi connectivity index (χ2v) is 17.1. The van der Waals surface area contributed by atoms with Gasteiger partial charge in [0.15, 0.2) is 5.82 Å². The molecule has 9 aromatic carbocycles.